The lowest BCUT2D eigenvalue weighted by atomic mass is 10.2. The standard InChI is InChI=1S/C23H14BrClF3N7O2/c1-33-9-12-3-20(15(24)5-19(12)32-33)30-21-31-22(36)35(14-4-13(25)7-29-8-14)23(37)34(21)10-11-2-17(27)18(28)6-16(11)26/h2-9H,10H2,1H3,(H,30,31,36). The number of fused-ring (bicyclic) bond motifs is 1. The Morgan fingerprint density at radius 2 is 1.78 bits per heavy atom. The summed E-state index contributed by atoms with van der Waals surface area (Å²) in [7, 11) is 1.75. The number of halogens is 5. The predicted molar refractivity (Wildman–Crippen MR) is 134 cm³/mol. The molecule has 14 heteroatoms. The van der Waals surface area contributed by atoms with E-state index >= 15 is 0 Å². The first kappa shape index (κ1) is 24.7. The Bertz CT molecular complexity index is 1820. The number of benzene rings is 2. The molecule has 0 amide bonds. The highest BCUT2D eigenvalue weighted by Gasteiger charge is 2.19. The van der Waals surface area contributed by atoms with Gasteiger partial charge >= 0.3 is 11.4 Å². The Labute approximate surface area is 218 Å². The van der Waals surface area contributed by atoms with Crippen LogP contribution in [0.1, 0.15) is 5.56 Å². The molecule has 5 aromatic rings. The topological polar surface area (TPSA) is 99.6 Å². The maximum atomic E-state index is 14.5. The van der Waals surface area contributed by atoms with Crippen molar-refractivity contribution in [1.82, 2.24) is 28.9 Å². The second-order valence-electron chi connectivity index (χ2n) is 7.96. The molecule has 0 aliphatic heterocycles. The number of aryl methyl sites for hydroxylation is 1. The van der Waals surface area contributed by atoms with Crippen molar-refractivity contribution in [3.8, 4) is 5.69 Å². The van der Waals surface area contributed by atoms with Crippen molar-refractivity contribution in [3.05, 3.63) is 102 Å². The van der Waals surface area contributed by atoms with E-state index in [4.69, 9.17) is 11.6 Å². The highest BCUT2D eigenvalue weighted by atomic mass is 79.9. The van der Waals surface area contributed by atoms with Crippen molar-refractivity contribution in [2.45, 2.75) is 6.54 Å². The van der Waals surface area contributed by atoms with E-state index in [1.165, 1.54) is 18.5 Å². The summed E-state index contributed by atoms with van der Waals surface area (Å²) >= 11 is 9.39. The predicted octanol–water partition coefficient (Wildman–Crippen LogP) is 4.30. The third-order valence-electron chi connectivity index (χ3n) is 5.39. The van der Waals surface area contributed by atoms with E-state index in [0.717, 1.165) is 9.95 Å². The first-order valence-electron chi connectivity index (χ1n) is 10.5. The molecule has 9 nitrogen and oxygen atoms in total. The molecule has 0 saturated carbocycles. The van der Waals surface area contributed by atoms with Gasteiger partial charge in [-0.1, -0.05) is 11.6 Å². The van der Waals surface area contributed by atoms with Crippen molar-refractivity contribution < 1.29 is 13.2 Å². The molecule has 0 spiro atoms. The lowest BCUT2D eigenvalue weighted by Crippen LogP contribution is -2.42. The van der Waals surface area contributed by atoms with Crippen molar-refractivity contribution >= 4 is 50.1 Å². The van der Waals surface area contributed by atoms with Gasteiger partial charge < -0.3 is 5.32 Å². The smallest absolute Gasteiger partial charge is 0.324 e. The summed E-state index contributed by atoms with van der Waals surface area (Å²) in [5.74, 6) is -4.04. The zero-order valence-electron chi connectivity index (χ0n) is 18.7. The minimum absolute atomic E-state index is 0.0130. The van der Waals surface area contributed by atoms with Crippen molar-refractivity contribution in [2.24, 2.45) is 7.05 Å². The van der Waals surface area contributed by atoms with Crippen LogP contribution in [0.2, 0.25) is 5.02 Å². The third kappa shape index (κ3) is 4.74. The van der Waals surface area contributed by atoms with E-state index in [1.54, 1.807) is 30.1 Å². The van der Waals surface area contributed by atoms with Gasteiger partial charge in [0.25, 0.3) is 0 Å². The number of rotatable bonds is 5. The van der Waals surface area contributed by atoms with Crippen LogP contribution in [0.5, 0.6) is 0 Å². The molecule has 0 atom stereocenters. The maximum absolute atomic E-state index is 14.5. The van der Waals surface area contributed by atoms with Gasteiger partial charge in [0.1, 0.15) is 5.82 Å². The second-order valence-corrected chi connectivity index (χ2v) is 9.25. The van der Waals surface area contributed by atoms with Crippen LogP contribution in [-0.2, 0) is 13.6 Å². The molecule has 0 bridgehead atoms. The fourth-order valence-electron chi connectivity index (χ4n) is 3.72. The number of anilines is 2. The fourth-order valence-corrected chi connectivity index (χ4v) is 4.32. The van der Waals surface area contributed by atoms with Crippen molar-refractivity contribution in [3.63, 3.8) is 0 Å². The Kier molecular flexibility index (Phi) is 6.33. The van der Waals surface area contributed by atoms with Gasteiger partial charge in [0, 0.05) is 40.9 Å². The highest BCUT2D eigenvalue weighted by Crippen LogP contribution is 2.30. The zero-order valence-corrected chi connectivity index (χ0v) is 21.1. The number of pyridine rings is 1. The molecule has 2 aromatic carbocycles. The van der Waals surface area contributed by atoms with Crippen LogP contribution < -0.4 is 16.7 Å². The normalized spacial score (nSPS) is 11.3. The van der Waals surface area contributed by atoms with Crippen molar-refractivity contribution in [1.29, 1.82) is 0 Å². The van der Waals surface area contributed by atoms with E-state index in [0.29, 0.717) is 32.4 Å². The summed E-state index contributed by atoms with van der Waals surface area (Å²) in [5.41, 5.74) is -1.17. The van der Waals surface area contributed by atoms with Gasteiger partial charge in [-0.25, -0.2) is 27.3 Å². The Balaban J connectivity index is 1.70. The van der Waals surface area contributed by atoms with Crippen LogP contribution in [0.15, 0.2) is 63.0 Å². The molecule has 188 valence electrons. The maximum Gasteiger partial charge on any atom is 0.359 e. The van der Waals surface area contributed by atoms with Crippen LogP contribution in [0.25, 0.3) is 16.6 Å². The molecule has 0 fully saturated rings. The van der Waals surface area contributed by atoms with E-state index in [1.807, 2.05) is 0 Å². The van der Waals surface area contributed by atoms with Gasteiger partial charge in [-0.2, -0.15) is 10.1 Å². The van der Waals surface area contributed by atoms with Gasteiger partial charge in [0.2, 0.25) is 5.95 Å². The van der Waals surface area contributed by atoms with Crippen LogP contribution >= 0.6 is 27.5 Å². The molecule has 0 radical (unpaired) electrons. The average molecular weight is 593 g/mol. The summed E-state index contributed by atoms with van der Waals surface area (Å²) in [4.78, 5) is 34.4. The minimum Gasteiger partial charge on any atom is -0.324 e. The molecule has 1 N–H and O–H groups in total. The molecule has 3 aromatic heterocycles. The van der Waals surface area contributed by atoms with E-state index in [-0.39, 0.29) is 22.2 Å². The average Bonchev–Trinajstić information content (AvgIpc) is 3.18. The Hall–Kier alpha value is -3.97. The van der Waals surface area contributed by atoms with Gasteiger partial charge in [-0.15, -0.1) is 0 Å². The van der Waals surface area contributed by atoms with Crippen LogP contribution in [-0.4, -0.2) is 28.9 Å². The van der Waals surface area contributed by atoms with E-state index in [9.17, 15) is 22.8 Å². The first-order chi connectivity index (χ1) is 17.6. The Morgan fingerprint density at radius 1 is 1.03 bits per heavy atom. The van der Waals surface area contributed by atoms with Crippen LogP contribution in [0.3, 0.4) is 0 Å². The minimum atomic E-state index is -1.38. The zero-order chi connectivity index (χ0) is 26.4. The van der Waals surface area contributed by atoms with Gasteiger partial charge in [0.05, 0.1) is 34.7 Å². The first-order valence-corrected chi connectivity index (χ1v) is 11.7. The quantitative estimate of drug-likeness (QED) is 0.306. The Morgan fingerprint density at radius 3 is 2.54 bits per heavy atom. The van der Waals surface area contributed by atoms with Crippen molar-refractivity contribution in [2.75, 3.05) is 5.32 Å². The van der Waals surface area contributed by atoms with Crippen LogP contribution in [0, 0.1) is 17.5 Å². The van der Waals surface area contributed by atoms with Gasteiger partial charge in [-0.05, 0) is 40.2 Å². The summed E-state index contributed by atoms with van der Waals surface area (Å²) in [6.45, 7) is -0.585. The highest BCUT2D eigenvalue weighted by molar-refractivity contribution is 9.10. The SMILES string of the molecule is Cn1cc2cc(Nc3nc(=O)n(-c4cncc(Cl)c4)c(=O)n3Cc3cc(F)c(F)cc3F)c(Br)cc2n1. The fraction of sp³-hybridized carbons (Fsp3) is 0.0870. The summed E-state index contributed by atoms with van der Waals surface area (Å²) in [5, 5.41) is 8.11. The number of nitrogens with zero attached hydrogens (tertiary/aromatic N) is 6. The lowest BCUT2D eigenvalue weighted by molar-refractivity contribution is 0.487. The number of hydrogen-bond acceptors (Lipinski definition) is 6. The van der Waals surface area contributed by atoms with Crippen LogP contribution in [0.4, 0.5) is 24.8 Å². The molecular weight excluding hydrogens is 579 g/mol. The molecular formula is C23H14BrClF3N7O2. The molecule has 0 unspecified atom stereocenters. The summed E-state index contributed by atoms with van der Waals surface area (Å²) < 4.78 is 45.7. The number of aromatic nitrogens is 6. The number of hydrogen-bond donors (Lipinski definition) is 1. The van der Waals surface area contributed by atoms with E-state index < -0.39 is 35.4 Å². The van der Waals surface area contributed by atoms with Gasteiger partial charge in [-0.3, -0.25) is 14.2 Å². The molecule has 0 aliphatic rings. The molecule has 5 rings (SSSR count). The molecule has 3 heterocycles. The summed E-state index contributed by atoms with van der Waals surface area (Å²) in [6, 6.07) is 5.75. The lowest BCUT2D eigenvalue weighted by Gasteiger charge is -2.17. The molecule has 0 aliphatic carbocycles. The molecule has 0 saturated heterocycles. The summed E-state index contributed by atoms with van der Waals surface area (Å²) in [6.07, 6.45) is 4.29. The third-order valence-corrected chi connectivity index (χ3v) is 6.25. The van der Waals surface area contributed by atoms with Gasteiger partial charge in [0.15, 0.2) is 11.6 Å². The largest absolute Gasteiger partial charge is 0.359 e. The monoisotopic (exact) mass is 591 g/mol. The molecule has 37 heavy (non-hydrogen) atoms. The van der Waals surface area contributed by atoms with E-state index in [2.05, 4.69) is 36.3 Å². The number of nitrogens with one attached hydrogen (secondary N) is 1. The second kappa shape index (κ2) is 9.48.